The Hall–Kier alpha value is -2.41. The van der Waals surface area contributed by atoms with Crippen LogP contribution in [0.25, 0.3) is 16.9 Å². The van der Waals surface area contributed by atoms with Crippen LogP contribution in [-0.2, 0) is 7.05 Å². The minimum absolute atomic E-state index is 0.200. The number of aromatic amines is 1. The topological polar surface area (TPSA) is 80.0 Å². The van der Waals surface area contributed by atoms with Gasteiger partial charge in [-0.2, -0.15) is 5.10 Å². The van der Waals surface area contributed by atoms with E-state index in [1.807, 2.05) is 19.3 Å². The monoisotopic (exact) mass is 314 g/mol. The van der Waals surface area contributed by atoms with Crippen LogP contribution in [0.5, 0.6) is 0 Å². The third-order valence-corrected chi connectivity index (χ3v) is 3.88. The van der Waals surface area contributed by atoms with Crippen molar-refractivity contribution in [1.82, 2.24) is 29.5 Å². The van der Waals surface area contributed by atoms with Crippen LogP contribution in [0.15, 0.2) is 35.6 Å². The van der Waals surface area contributed by atoms with Gasteiger partial charge in [0.15, 0.2) is 0 Å². The molecule has 0 atom stereocenters. The highest BCUT2D eigenvalue weighted by Crippen LogP contribution is 2.14. The number of nitrogens with zero attached hydrogens (tertiary/aromatic N) is 4. The molecule has 4 rings (SSSR count). The first-order chi connectivity index (χ1) is 11.2. The lowest BCUT2D eigenvalue weighted by Gasteiger charge is -1.98. The van der Waals surface area contributed by atoms with Crippen LogP contribution < -0.4 is 11.0 Å². The molecule has 0 amide bonds. The largest absolute Gasteiger partial charge is 0.331 e. The van der Waals surface area contributed by atoms with Crippen molar-refractivity contribution in [2.75, 3.05) is 13.1 Å². The lowest BCUT2D eigenvalue weighted by Crippen LogP contribution is -2.15. The highest BCUT2D eigenvalue weighted by molar-refractivity contribution is 5.61. The molecule has 1 aliphatic rings. The molecule has 7 nitrogen and oxygen atoms in total. The predicted octanol–water partition coefficient (Wildman–Crippen LogP) is 1.57. The van der Waals surface area contributed by atoms with E-state index >= 15 is 0 Å². The van der Waals surface area contributed by atoms with Gasteiger partial charge >= 0.3 is 5.69 Å². The Balaban J connectivity index is 0.000000188. The van der Waals surface area contributed by atoms with Crippen molar-refractivity contribution in [2.45, 2.75) is 25.7 Å². The van der Waals surface area contributed by atoms with E-state index in [-0.39, 0.29) is 5.69 Å². The zero-order chi connectivity index (χ0) is 16.1. The van der Waals surface area contributed by atoms with Crippen molar-refractivity contribution < 1.29 is 0 Å². The molecule has 1 aliphatic heterocycles. The number of imidazole rings is 1. The maximum Gasteiger partial charge on any atom is 0.331 e. The highest BCUT2D eigenvalue weighted by atomic mass is 16.1. The second-order valence-electron chi connectivity index (χ2n) is 5.71. The molecule has 0 bridgehead atoms. The Morgan fingerprint density at radius 2 is 1.96 bits per heavy atom. The molecule has 0 radical (unpaired) electrons. The Labute approximate surface area is 134 Å². The van der Waals surface area contributed by atoms with Crippen molar-refractivity contribution in [3.05, 3.63) is 41.3 Å². The van der Waals surface area contributed by atoms with E-state index in [1.54, 1.807) is 23.3 Å². The van der Waals surface area contributed by atoms with Crippen molar-refractivity contribution in [3.8, 4) is 11.3 Å². The second-order valence-corrected chi connectivity index (χ2v) is 5.71. The zero-order valence-electron chi connectivity index (χ0n) is 13.3. The van der Waals surface area contributed by atoms with Crippen molar-refractivity contribution in [1.29, 1.82) is 0 Å². The maximum absolute atomic E-state index is 11.7. The van der Waals surface area contributed by atoms with E-state index in [0.717, 1.165) is 11.3 Å². The Bertz CT molecular complexity index is 796. The van der Waals surface area contributed by atoms with Crippen molar-refractivity contribution in [2.24, 2.45) is 7.05 Å². The van der Waals surface area contributed by atoms with Crippen LogP contribution in [0.3, 0.4) is 0 Å². The molecule has 3 aromatic rings. The Kier molecular flexibility index (Phi) is 4.87. The smallest absolute Gasteiger partial charge is 0.317 e. The first kappa shape index (κ1) is 15.5. The maximum atomic E-state index is 11.7. The zero-order valence-corrected chi connectivity index (χ0v) is 13.3. The molecule has 1 fully saturated rings. The quantitative estimate of drug-likeness (QED) is 0.714. The third kappa shape index (κ3) is 3.87. The van der Waals surface area contributed by atoms with Gasteiger partial charge in [-0.05, 0) is 25.9 Å². The molecule has 0 saturated carbocycles. The minimum Gasteiger partial charge on any atom is -0.317 e. The summed E-state index contributed by atoms with van der Waals surface area (Å²) in [4.78, 5) is 18.5. The molecule has 0 aromatic carbocycles. The number of hydrogen-bond donors (Lipinski definition) is 2. The summed E-state index contributed by atoms with van der Waals surface area (Å²) in [6, 6.07) is 1.82. The Morgan fingerprint density at radius 1 is 1.17 bits per heavy atom. The summed E-state index contributed by atoms with van der Waals surface area (Å²) in [5, 5.41) is 7.41. The van der Waals surface area contributed by atoms with Gasteiger partial charge in [-0.25, -0.2) is 9.78 Å². The summed E-state index contributed by atoms with van der Waals surface area (Å²) in [5.41, 5.74) is 2.01. The van der Waals surface area contributed by atoms with Crippen LogP contribution in [0.1, 0.15) is 25.7 Å². The number of hydrogen-bond acceptors (Lipinski definition) is 4. The van der Waals surface area contributed by atoms with Gasteiger partial charge in [0.25, 0.3) is 0 Å². The van der Waals surface area contributed by atoms with E-state index < -0.39 is 0 Å². The first-order valence-corrected chi connectivity index (χ1v) is 8.00. The molecular weight excluding hydrogens is 292 g/mol. The summed E-state index contributed by atoms with van der Waals surface area (Å²) in [6.07, 6.45) is 12.4. The van der Waals surface area contributed by atoms with Crippen LogP contribution in [0.2, 0.25) is 0 Å². The third-order valence-electron chi connectivity index (χ3n) is 3.88. The molecule has 7 heteroatoms. The molecule has 122 valence electrons. The van der Waals surface area contributed by atoms with Gasteiger partial charge in [-0.3, -0.25) is 9.08 Å². The fourth-order valence-corrected chi connectivity index (χ4v) is 2.63. The van der Waals surface area contributed by atoms with Gasteiger partial charge in [0, 0.05) is 37.3 Å². The van der Waals surface area contributed by atoms with Gasteiger partial charge in [-0.15, -0.1) is 0 Å². The second kappa shape index (κ2) is 7.23. The normalized spacial score (nSPS) is 15.0. The van der Waals surface area contributed by atoms with Gasteiger partial charge in [-0.1, -0.05) is 12.8 Å². The van der Waals surface area contributed by atoms with Crippen LogP contribution in [0.4, 0.5) is 0 Å². The summed E-state index contributed by atoms with van der Waals surface area (Å²) in [7, 11) is 1.83. The molecule has 0 unspecified atom stereocenters. The van der Waals surface area contributed by atoms with Gasteiger partial charge < -0.3 is 10.3 Å². The highest BCUT2D eigenvalue weighted by Gasteiger charge is 2.05. The van der Waals surface area contributed by atoms with Crippen molar-refractivity contribution in [3.63, 3.8) is 0 Å². The average molecular weight is 314 g/mol. The number of H-pyrrole nitrogens is 1. The molecule has 2 N–H and O–H groups in total. The molecule has 1 saturated heterocycles. The predicted molar refractivity (Wildman–Crippen MR) is 89.4 cm³/mol. The summed E-state index contributed by atoms with van der Waals surface area (Å²) < 4.78 is 3.14. The first-order valence-electron chi connectivity index (χ1n) is 8.00. The summed E-state index contributed by atoms with van der Waals surface area (Å²) >= 11 is 0. The van der Waals surface area contributed by atoms with Crippen LogP contribution >= 0.6 is 0 Å². The van der Waals surface area contributed by atoms with E-state index in [4.69, 9.17) is 0 Å². The summed E-state index contributed by atoms with van der Waals surface area (Å²) in [5.74, 6) is 0. The van der Waals surface area contributed by atoms with E-state index in [0.29, 0.717) is 5.65 Å². The van der Waals surface area contributed by atoms with E-state index in [2.05, 4.69) is 20.4 Å². The lowest BCUT2D eigenvalue weighted by atomic mass is 10.2. The van der Waals surface area contributed by atoms with Gasteiger partial charge in [0.1, 0.15) is 5.65 Å². The minimum atomic E-state index is -0.200. The SMILES string of the molecule is C1CCCNCC1.Cn1cc(-c2cc3nccn3c(=O)[nH]2)cn1. The standard InChI is InChI=1S/C10H9N5O.C6H13N/c1-14-6-7(5-12-14)8-4-9-11-2-3-15(9)10(16)13-8;1-2-4-6-7-5-3-1/h2-6H,1H3,(H,13,16);7H,1-6H2. The number of rotatable bonds is 1. The molecule has 3 aromatic heterocycles. The molecule has 0 aliphatic carbocycles. The summed E-state index contributed by atoms with van der Waals surface area (Å²) in [6.45, 7) is 2.50. The fourth-order valence-electron chi connectivity index (χ4n) is 2.63. The van der Waals surface area contributed by atoms with E-state index in [9.17, 15) is 4.79 Å². The Morgan fingerprint density at radius 3 is 2.65 bits per heavy atom. The van der Waals surface area contributed by atoms with Crippen LogP contribution in [0, 0.1) is 0 Å². The van der Waals surface area contributed by atoms with Gasteiger partial charge in [0.2, 0.25) is 0 Å². The number of aromatic nitrogens is 5. The number of aryl methyl sites for hydroxylation is 1. The molecule has 0 spiro atoms. The lowest BCUT2D eigenvalue weighted by molar-refractivity contribution is 0.702. The average Bonchev–Trinajstić information content (AvgIpc) is 3.08. The molecule has 23 heavy (non-hydrogen) atoms. The van der Waals surface area contributed by atoms with Crippen LogP contribution in [-0.4, -0.2) is 37.2 Å². The fraction of sp³-hybridized carbons (Fsp3) is 0.438. The van der Waals surface area contributed by atoms with Gasteiger partial charge in [0.05, 0.1) is 11.9 Å². The molecular formula is C16H22N6O. The number of fused-ring (bicyclic) bond motifs is 1. The molecule has 4 heterocycles. The number of nitrogens with one attached hydrogen (secondary N) is 2. The van der Waals surface area contributed by atoms with Crippen molar-refractivity contribution >= 4 is 5.65 Å². The van der Waals surface area contributed by atoms with E-state index in [1.165, 1.54) is 43.2 Å².